The van der Waals surface area contributed by atoms with Crippen LogP contribution in [0, 0.1) is 16.2 Å². The first-order valence-electron chi connectivity index (χ1n) is 3.97. The van der Waals surface area contributed by atoms with Crippen LogP contribution in [0.25, 0.3) is 10.8 Å². The summed E-state index contributed by atoms with van der Waals surface area (Å²) in [6.45, 7) is 0. The molecule has 0 aliphatic rings. The van der Waals surface area contributed by atoms with E-state index in [1.165, 1.54) is 6.07 Å². The second-order valence-electron chi connectivity index (χ2n) is 2.83. The minimum Gasteiger partial charge on any atom is -0.502 e. The molecule has 2 rings (SSSR count). The molecule has 14 heavy (non-hydrogen) atoms. The predicted octanol–water partition coefficient (Wildman–Crippen LogP) is 2.25. The molecule has 0 aliphatic heterocycles. The molecule has 0 fully saturated rings. The highest BCUT2D eigenvalue weighted by Gasteiger charge is 2.17. The van der Waals surface area contributed by atoms with Gasteiger partial charge in [-0.2, -0.15) is 0 Å². The van der Waals surface area contributed by atoms with E-state index in [-0.39, 0.29) is 5.69 Å². The Balaban J connectivity index is 2.90. The topological polar surface area (TPSA) is 63.4 Å². The second kappa shape index (κ2) is 2.99. The van der Waals surface area contributed by atoms with E-state index < -0.39 is 10.7 Å². The number of aromatic hydroxyl groups is 1. The first-order chi connectivity index (χ1) is 6.70. The van der Waals surface area contributed by atoms with E-state index in [4.69, 9.17) is 0 Å². The number of rotatable bonds is 1. The van der Waals surface area contributed by atoms with Crippen LogP contribution in [0.4, 0.5) is 5.69 Å². The summed E-state index contributed by atoms with van der Waals surface area (Å²) in [5.41, 5.74) is -0.289. The van der Waals surface area contributed by atoms with Crippen LogP contribution in [-0.2, 0) is 0 Å². The molecule has 0 aromatic heterocycles. The van der Waals surface area contributed by atoms with Crippen molar-refractivity contribution in [2.24, 2.45) is 0 Å². The van der Waals surface area contributed by atoms with E-state index >= 15 is 0 Å². The van der Waals surface area contributed by atoms with Crippen molar-refractivity contribution in [1.82, 2.24) is 0 Å². The van der Waals surface area contributed by atoms with Crippen LogP contribution < -0.4 is 0 Å². The lowest BCUT2D eigenvalue weighted by Crippen LogP contribution is -1.90. The Morgan fingerprint density at radius 1 is 1.36 bits per heavy atom. The van der Waals surface area contributed by atoms with Gasteiger partial charge in [-0.15, -0.1) is 0 Å². The summed E-state index contributed by atoms with van der Waals surface area (Å²) in [7, 11) is 0. The van der Waals surface area contributed by atoms with E-state index in [0.29, 0.717) is 10.8 Å². The fraction of sp³-hybridized carbons (Fsp3) is 0. The third kappa shape index (κ3) is 1.17. The number of nitrogens with zero attached hydrogens (tertiary/aromatic N) is 1. The van der Waals surface area contributed by atoms with Gasteiger partial charge in [0.05, 0.1) is 10.3 Å². The Hall–Kier alpha value is -2.10. The first-order valence-corrected chi connectivity index (χ1v) is 3.97. The van der Waals surface area contributed by atoms with Gasteiger partial charge >= 0.3 is 5.69 Å². The molecular formula is C10H6NO3. The molecular weight excluding hydrogens is 182 g/mol. The SMILES string of the molecule is O=[N+]([O-])c1c(O)[c]cc2ccccc12. The number of benzene rings is 2. The summed E-state index contributed by atoms with van der Waals surface area (Å²) < 4.78 is 0. The highest BCUT2D eigenvalue weighted by atomic mass is 16.6. The average molecular weight is 188 g/mol. The van der Waals surface area contributed by atoms with Gasteiger partial charge in [-0.1, -0.05) is 18.2 Å². The van der Waals surface area contributed by atoms with Crippen LogP contribution in [0.2, 0.25) is 0 Å². The fourth-order valence-corrected chi connectivity index (χ4v) is 1.37. The van der Waals surface area contributed by atoms with Crippen LogP contribution in [0.5, 0.6) is 5.75 Å². The van der Waals surface area contributed by atoms with E-state index in [2.05, 4.69) is 6.07 Å². The Bertz CT molecular complexity index is 508. The summed E-state index contributed by atoms with van der Waals surface area (Å²) in [5.74, 6) is -0.422. The van der Waals surface area contributed by atoms with Crippen molar-refractivity contribution in [1.29, 1.82) is 0 Å². The van der Waals surface area contributed by atoms with Crippen molar-refractivity contribution in [3.8, 4) is 5.75 Å². The summed E-state index contributed by atoms with van der Waals surface area (Å²) in [5, 5.41) is 21.1. The van der Waals surface area contributed by atoms with E-state index in [1.807, 2.05) is 0 Å². The maximum Gasteiger partial charge on any atom is 0.319 e. The summed E-state index contributed by atoms with van der Waals surface area (Å²) >= 11 is 0. The molecule has 0 amide bonds. The van der Waals surface area contributed by atoms with Crippen molar-refractivity contribution in [3.05, 3.63) is 46.5 Å². The smallest absolute Gasteiger partial charge is 0.319 e. The molecule has 0 unspecified atom stereocenters. The van der Waals surface area contributed by atoms with Crippen molar-refractivity contribution in [2.45, 2.75) is 0 Å². The molecule has 4 nitrogen and oxygen atoms in total. The van der Waals surface area contributed by atoms with Crippen LogP contribution in [0.3, 0.4) is 0 Å². The highest BCUT2D eigenvalue weighted by Crippen LogP contribution is 2.33. The summed E-state index contributed by atoms with van der Waals surface area (Å²) in [6, 6.07) is 10.8. The second-order valence-corrected chi connectivity index (χ2v) is 2.83. The Labute approximate surface area is 79.6 Å². The molecule has 2 aromatic carbocycles. The molecule has 0 spiro atoms. The zero-order chi connectivity index (χ0) is 10.1. The molecule has 69 valence electrons. The van der Waals surface area contributed by atoms with Crippen LogP contribution >= 0.6 is 0 Å². The van der Waals surface area contributed by atoms with Gasteiger partial charge in [0.15, 0.2) is 0 Å². The monoisotopic (exact) mass is 188 g/mol. The number of phenols is 1. The molecule has 0 atom stereocenters. The van der Waals surface area contributed by atoms with Gasteiger partial charge < -0.3 is 5.11 Å². The number of hydrogen-bond donors (Lipinski definition) is 1. The Morgan fingerprint density at radius 3 is 2.79 bits per heavy atom. The van der Waals surface area contributed by atoms with Crippen molar-refractivity contribution < 1.29 is 10.0 Å². The van der Waals surface area contributed by atoms with Gasteiger partial charge in [0.2, 0.25) is 5.75 Å². The number of nitro benzene ring substituents is 1. The molecule has 1 N–H and O–H groups in total. The van der Waals surface area contributed by atoms with Crippen LogP contribution in [0.15, 0.2) is 30.3 Å². The van der Waals surface area contributed by atoms with Gasteiger partial charge in [0.1, 0.15) is 0 Å². The first kappa shape index (κ1) is 8.50. The minimum absolute atomic E-state index is 0.289. The van der Waals surface area contributed by atoms with Crippen molar-refractivity contribution in [2.75, 3.05) is 0 Å². The largest absolute Gasteiger partial charge is 0.502 e. The third-order valence-corrected chi connectivity index (χ3v) is 1.99. The quantitative estimate of drug-likeness (QED) is 0.551. The molecule has 4 heteroatoms. The number of nitro groups is 1. The fourth-order valence-electron chi connectivity index (χ4n) is 1.37. The lowest BCUT2D eigenvalue weighted by atomic mass is 10.1. The molecule has 0 bridgehead atoms. The third-order valence-electron chi connectivity index (χ3n) is 1.99. The molecule has 0 heterocycles. The molecule has 2 aromatic rings. The molecule has 0 aliphatic carbocycles. The standard InChI is InChI=1S/C10H6NO3/c12-9-6-5-7-3-1-2-4-8(7)10(9)11(13)14/h1-5,12H. The van der Waals surface area contributed by atoms with Gasteiger partial charge in [-0.3, -0.25) is 10.1 Å². The van der Waals surface area contributed by atoms with Crippen LogP contribution in [-0.4, -0.2) is 10.0 Å². The summed E-state index contributed by atoms with van der Waals surface area (Å²) in [4.78, 5) is 10.1. The minimum atomic E-state index is -0.603. The zero-order valence-electron chi connectivity index (χ0n) is 7.10. The maximum absolute atomic E-state index is 10.7. The Morgan fingerprint density at radius 2 is 2.07 bits per heavy atom. The molecule has 0 saturated heterocycles. The lowest BCUT2D eigenvalue weighted by molar-refractivity contribution is -0.384. The number of hydrogen-bond acceptors (Lipinski definition) is 3. The number of phenolic OH excluding ortho intramolecular Hbond substituents is 1. The van der Waals surface area contributed by atoms with Gasteiger partial charge in [-0.25, -0.2) is 0 Å². The van der Waals surface area contributed by atoms with E-state index in [1.54, 1.807) is 24.3 Å². The normalized spacial score (nSPS) is 10.3. The summed E-state index contributed by atoms with van der Waals surface area (Å²) in [6.07, 6.45) is 0. The van der Waals surface area contributed by atoms with Gasteiger partial charge in [-0.05, 0) is 17.5 Å². The van der Waals surface area contributed by atoms with Gasteiger partial charge in [0.25, 0.3) is 0 Å². The van der Waals surface area contributed by atoms with Crippen molar-refractivity contribution in [3.63, 3.8) is 0 Å². The van der Waals surface area contributed by atoms with Gasteiger partial charge in [0, 0.05) is 6.07 Å². The predicted molar refractivity (Wildman–Crippen MR) is 51.1 cm³/mol. The highest BCUT2D eigenvalue weighted by molar-refractivity contribution is 5.93. The maximum atomic E-state index is 10.7. The molecule has 0 saturated carbocycles. The zero-order valence-corrected chi connectivity index (χ0v) is 7.10. The van der Waals surface area contributed by atoms with E-state index in [0.717, 1.165) is 0 Å². The van der Waals surface area contributed by atoms with E-state index in [9.17, 15) is 15.2 Å². The van der Waals surface area contributed by atoms with Crippen LogP contribution in [0.1, 0.15) is 0 Å². The average Bonchev–Trinajstić information content (AvgIpc) is 2.17. The number of fused-ring (bicyclic) bond motifs is 1. The lowest BCUT2D eigenvalue weighted by Gasteiger charge is -1.99. The molecule has 1 radical (unpaired) electrons. The van der Waals surface area contributed by atoms with Crippen molar-refractivity contribution >= 4 is 16.5 Å². The Kier molecular flexibility index (Phi) is 1.81.